The number of non-ortho nitro benzene ring substituents is 1. The van der Waals surface area contributed by atoms with Gasteiger partial charge >= 0.3 is 6.03 Å². The summed E-state index contributed by atoms with van der Waals surface area (Å²) in [7, 11) is 0. The summed E-state index contributed by atoms with van der Waals surface area (Å²) in [6.07, 6.45) is 1.23. The maximum absolute atomic E-state index is 12.4. The van der Waals surface area contributed by atoms with Crippen LogP contribution in [0.15, 0.2) is 18.2 Å². The smallest absolute Gasteiger partial charge is 0.314 e. The van der Waals surface area contributed by atoms with E-state index in [-0.39, 0.29) is 29.4 Å². The quantitative estimate of drug-likeness (QED) is 0.259. The fourth-order valence-corrected chi connectivity index (χ4v) is 3.43. The molecule has 1 aromatic carbocycles. The molecule has 0 radical (unpaired) electrons. The first kappa shape index (κ1) is 21.7. The molecule has 1 aromatic rings. The van der Waals surface area contributed by atoms with Crippen LogP contribution in [0.4, 0.5) is 10.5 Å². The number of benzene rings is 1. The first-order valence-corrected chi connectivity index (χ1v) is 9.94. The van der Waals surface area contributed by atoms with Gasteiger partial charge in [-0.25, -0.2) is 4.79 Å². The van der Waals surface area contributed by atoms with Gasteiger partial charge in [0.15, 0.2) is 0 Å². The van der Waals surface area contributed by atoms with Crippen LogP contribution >= 0.6 is 0 Å². The molecule has 11 heteroatoms. The number of nitro benzene ring substituents is 1. The zero-order valence-corrected chi connectivity index (χ0v) is 16.6. The van der Waals surface area contributed by atoms with Crippen LogP contribution < -0.4 is 10.6 Å². The highest BCUT2D eigenvalue weighted by molar-refractivity contribution is 6.21. The van der Waals surface area contributed by atoms with Gasteiger partial charge < -0.3 is 15.4 Å². The van der Waals surface area contributed by atoms with E-state index in [4.69, 9.17) is 4.74 Å². The Morgan fingerprint density at radius 2 is 1.67 bits per heavy atom. The van der Waals surface area contributed by atoms with Crippen molar-refractivity contribution in [2.45, 2.75) is 12.8 Å². The maximum atomic E-state index is 12.4. The van der Waals surface area contributed by atoms with Crippen molar-refractivity contribution in [3.8, 4) is 0 Å². The molecule has 0 saturated carbocycles. The number of rotatable bonds is 9. The van der Waals surface area contributed by atoms with Crippen molar-refractivity contribution in [2.75, 3.05) is 52.5 Å². The molecule has 3 rings (SSSR count). The van der Waals surface area contributed by atoms with Gasteiger partial charge in [-0.15, -0.1) is 0 Å². The summed E-state index contributed by atoms with van der Waals surface area (Å²) in [5.74, 6) is -1.02. The number of urea groups is 1. The third-order valence-electron chi connectivity index (χ3n) is 5.05. The monoisotopic (exact) mass is 419 g/mol. The zero-order valence-electron chi connectivity index (χ0n) is 16.6. The SMILES string of the molecule is O=C(NCCCN1CCOCC1)NCCCN1C(=O)c2ccc([N+](=O)[O-])cc2C1=O. The molecule has 2 aliphatic rings. The van der Waals surface area contributed by atoms with Crippen LogP contribution in [0.1, 0.15) is 33.6 Å². The summed E-state index contributed by atoms with van der Waals surface area (Å²) in [5, 5.41) is 16.3. The highest BCUT2D eigenvalue weighted by Crippen LogP contribution is 2.26. The van der Waals surface area contributed by atoms with Gasteiger partial charge in [-0.1, -0.05) is 0 Å². The minimum absolute atomic E-state index is 0.0418. The number of nitrogens with zero attached hydrogens (tertiary/aromatic N) is 3. The number of carbonyl (C=O) groups excluding carboxylic acids is 3. The molecule has 0 bridgehead atoms. The molecule has 1 saturated heterocycles. The van der Waals surface area contributed by atoms with Gasteiger partial charge in [0.05, 0.1) is 29.3 Å². The van der Waals surface area contributed by atoms with E-state index in [1.54, 1.807) is 0 Å². The molecule has 2 aliphatic heterocycles. The van der Waals surface area contributed by atoms with Crippen LogP contribution in [0.2, 0.25) is 0 Å². The number of nitro groups is 1. The van der Waals surface area contributed by atoms with E-state index >= 15 is 0 Å². The molecule has 4 amide bonds. The maximum Gasteiger partial charge on any atom is 0.314 e. The fraction of sp³-hybridized carbons (Fsp3) is 0.526. The van der Waals surface area contributed by atoms with Crippen molar-refractivity contribution in [3.63, 3.8) is 0 Å². The number of amides is 4. The van der Waals surface area contributed by atoms with Crippen LogP contribution in [0.3, 0.4) is 0 Å². The third-order valence-corrected chi connectivity index (χ3v) is 5.05. The lowest BCUT2D eigenvalue weighted by molar-refractivity contribution is -0.384. The van der Waals surface area contributed by atoms with E-state index in [0.717, 1.165) is 50.2 Å². The predicted molar refractivity (Wildman–Crippen MR) is 106 cm³/mol. The van der Waals surface area contributed by atoms with E-state index in [1.807, 2.05) is 0 Å². The Hall–Kier alpha value is -3.05. The summed E-state index contributed by atoms with van der Waals surface area (Å²) in [4.78, 5) is 50.2. The number of hydrogen-bond acceptors (Lipinski definition) is 7. The number of imide groups is 1. The van der Waals surface area contributed by atoms with Crippen LogP contribution in [0.25, 0.3) is 0 Å². The number of fused-ring (bicyclic) bond motifs is 1. The lowest BCUT2D eigenvalue weighted by Crippen LogP contribution is -2.40. The fourth-order valence-electron chi connectivity index (χ4n) is 3.43. The molecule has 11 nitrogen and oxygen atoms in total. The molecule has 2 heterocycles. The van der Waals surface area contributed by atoms with Crippen molar-refractivity contribution in [1.29, 1.82) is 0 Å². The van der Waals surface area contributed by atoms with Crippen LogP contribution in [0, 0.1) is 10.1 Å². The van der Waals surface area contributed by atoms with Crippen molar-refractivity contribution in [3.05, 3.63) is 39.4 Å². The molecule has 30 heavy (non-hydrogen) atoms. The predicted octanol–water partition coefficient (Wildman–Crippen LogP) is 0.602. The topological polar surface area (TPSA) is 134 Å². The molecule has 0 atom stereocenters. The number of carbonyl (C=O) groups is 3. The molecule has 0 aromatic heterocycles. The first-order chi connectivity index (χ1) is 14.5. The second-order valence-corrected chi connectivity index (χ2v) is 7.09. The van der Waals surface area contributed by atoms with Crippen LogP contribution in [0.5, 0.6) is 0 Å². The van der Waals surface area contributed by atoms with Crippen LogP contribution in [-0.4, -0.2) is 85.1 Å². The summed E-state index contributed by atoms with van der Waals surface area (Å²) in [5.41, 5.74) is -0.0274. The highest BCUT2D eigenvalue weighted by Gasteiger charge is 2.36. The number of morpholine rings is 1. The molecule has 0 aliphatic carbocycles. The van der Waals surface area contributed by atoms with Crippen molar-refractivity contribution in [1.82, 2.24) is 20.4 Å². The van der Waals surface area contributed by atoms with Crippen LogP contribution in [-0.2, 0) is 4.74 Å². The van der Waals surface area contributed by atoms with E-state index in [1.165, 1.54) is 12.1 Å². The summed E-state index contributed by atoms with van der Waals surface area (Å²) in [6.45, 7) is 5.20. The lowest BCUT2D eigenvalue weighted by Gasteiger charge is -2.26. The lowest BCUT2D eigenvalue weighted by atomic mass is 10.1. The Kier molecular flexibility index (Phi) is 7.31. The van der Waals surface area contributed by atoms with Crippen molar-refractivity contribution in [2.24, 2.45) is 0 Å². The Morgan fingerprint density at radius 1 is 1.03 bits per heavy atom. The number of ether oxygens (including phenoxy) is 1. The Balaban J connectivity index is 1.34. The van der Waals surface area contributed by atoms with Gasteiger partial charge in [-0.05, 0) is 25.5 Å². The minimum Gasteiger partial charge on any atom is -0.379 e. The van der Waals surface area contributed by atoms with Gasteiger partial charge in [0, 0.05) is 44.9 Å². The zero-order chi connectivity index (χ0) is 21.5. The van der Waals surface area contributed by atoms with E-state index < -0.39 is 16.7 Å². The van der Waals surface area contributed by atoms with E-state index in [2.05, 4.69) is 15.5 Å². The summed E-state index contributed by atoms with van der Waals surface area (Å²) >= 11 is 0. The standard InChI is InChI=1S/C19H25N5O6/c25-17-15-4-3-14(24(28)29)13-16(15)18(26)23(17)8-2-6-21-19(27)20-5-1-7-22-9-11-30-12-10-22/h3-4,13H,1-2,5-12H2,(H2,20,21,27). The second-order valence-electron chi connectivity index (χ2n) is 7.09. The van der Waals surface area contributed by atoms with Gasteiger partial charge in [0.25, 0.3) is 17.5 Å². The third kappa shape index (κ3) is 5.30. The van der Waals surface area contributed by atoms with E-state index in [9.17, 15) is 24.5 Å². The normalized spacial score (nSPS) is 16.5. The average Bonchev–Trinajstić information content (AvgIpc) is 2.99. The molecular formula is C19H25N5O6. The molecule has 1 fully saturated rings. The summed E-state index contributed by atoms with van der Waals surface area (Å²) in [6, 6.07) is 3.34. The molecule has 0 unspecified atom stereocenters. The number of nitrogens with one attached hydrogen (secondary N) is 2. The Morgan fingerprint density at radius 3 is 2.33 bits per heavy atom. The van der Waals surface area contributed by atoms with Gasteiger partial charge in [0.2, 0.25) is 0 Å². The second kappa shape index (κ2) is 10.1. The number of hydrogen-bond donors (Lipinski definition) is 2. The van der Waals surface area contributed by atoms with Gasteiger partial charge in [0.1, 0.15) is 0 Å². The van der Waals surface area contributed by atoms with Gasteiger partial charge in [-0.3, -0.25) is 29.5 Å². The summed E-state index contributed by atoms with van der Waals surface area (Å²) < 4.78 is 5.29. The Bertz CT molecular complexity index is 824. The minimum atomic E-state index is -0.607. The molecule has 2 N–H and O–H groups in total. The van der Waals surface area contributed by atoms with Crippen molar-refractivity contribution >= 4 is 23.5 Å². The molecule has 162 valence electrons. The highest BCUT2D eigenvalue weighted by atomic mass is 16.6. The largest absolute Gasteiger partial charge is 0.379 e. The molecular weight excluding hydrogens is 394 g/mol. The van der Waals surface area contributed by atoms with E-state index in [0.29, 0.717) is 19.5 Å². The average molecular weight is 419 g/mol. The first-order valence-electron chi connectivity index (χ1n) is 9.94. The Labute approximate surface area is 173 Å². The molecule has 0 spiro atoms. The van der Waals surface area contributed by atoms with Gasteiger partial charge in [-0.2, -0.15) is 0 Å². The van der Waals surface area contributed by atoms with Crippen molar-refractivity contribution < 1.29 is 24.0 Å².